The van der Waals surface area contributed by atoms with Crippen molar-refractivity contribution in [3.8, 4) is 0 Å². The minimum Gasteiger partial charge on any atom is -0.393 e. The van der Waals surface area contributed by atoms with Crippen LogP contribution in [0.25, 0.3) is 0 Å². The average Bonchev–Trinajstić information content (AvgIpc) is 2.76. The Morgan fingerprint density at radius 2 is 2.05 bits per heavy atom. The van der Waals surface area contributed by atoms with Gasteiger partial charge in [0, 0.05) is 12.5 Å². The van der Waals surface area contributed by atoms with E-state index in [1.807, 2.05) is 26.0 Å². The predicted molar refractivity (Wildman–Crippen MR) is 76.6 cm³/mol. The molecule has 4 heteroatoms. The Balaban J connectivity index is 2.02. The summed E-state index contributed by atoms with van der Waals surface area (Å²) in [6.45, 7) is 4.45. The highest BCUT2D eigenvalue weighted by atomic mass is 35.5. The second-order valence-electron chi connectivity index (χ2n) is 5.38. The van der Waals surface area contributed by atoms with Gasteiger partial charge in [0.1, 0.15) is 0 Å². The Labute approximate surface area is 119 Å². The van der Waals surface area contributed by atoms with E-state index in [9.17, 15) is 9.90 Å². The molecular weight excluding hydrogens is 262 g/mol. The molecule has 2 N–H and O–H groups in total. The molecule has 0 saturated heterocycles. The van der Waals surface area contributed by atoms with Gasteiger partial charge in [-0.1, -0.05) is 18.0 Å². The number of carbonyl (C=O) groups excluding carboxylic acids is 1. The zero-order valence-electron chi connectivity index (χ0n) is 11.4. The third-order valence-corrected chi connectivity index (χ3v) is 4.28. The first-order valence-electron chi connectivity index (χ1n) is 6.72. The number of hydrogen-bond donors (Lipinski definition) is 2. The maximum absolute atomic E-state index is 12.1. The average molecular weight is 282 g/mol. The highest BCUT2D eigenvalue weighted by molar-refractivity contribution is 6.34. The molecule has 1 aliphatic carbocycles. The largest absolute Gasteiger partial charge is 0.393 e. The molecular formula is C15H20ClNO2. The van der Waals surface area contributed by atoms with E-state index in [-0.39, 0.29) is 17.9 Å². The fourth-order valence-corrected chi connectivity index (χ4v) is 2.83. The monoisotopic (exact) mass is 281 g/mol. The Hall–Kier alpha value is -1.06. The van der Waals surface area contributed by atoms with E-state index in [0.29, 0.717) is 17.1 Å². The maximum Gasteiger partial charge on any atom is 0.252 e. The lowest BCUT2D eigenvalue weighted by Crippen LogP contribution is -2.32. The van der Waals surface area contributed by atoms with Gasteiger partial charge in [0.05, 0.1) is 16.7 Å². The van der Waals surface area contributed by atoms with Gasteiger partial charge in [0.25, 0.3) is 5.91 Å². The molecule has 0 heterocycles. The molecule has 1 aromatic rings. The van der Waals surface area contributed by atoms with Crippen molar-refractivity contribution in [2.75, 3.05) is 6.54 Å². The number of benzene rings is 1. The molecule has 2 rings (SSSR count). The van der Waals surface area contributed by atoms with Crippen LogP contribution in [0, 0.1) is 19.8 Å². The van der Waals surface area contributed by atoms with Crippen molar-refractivity contribution in [3.05, 3.63) is 33.8 Å². The minimum atomic E-state index is -0.282. The van der Waals surface area contributed by atoms with Crippen LogP contribution < -0.4 is 5.32 Å². The van der Waals surface area contributed by atoms with Gasteiger partial charge in [-0.2, -0.15) is 0 Å². The van der Waals surface area contributed by atoms with Gasteiger partial charge in [-0.05, 0) is 49.9 Å². The van der Waals surface area contributed by atoms with E-state index in [2.05, 4.69) is 5.32 Å². The highest BCUT2D eigenvalue weighted by Crippen LogP contribution is 2.25. The minimum absolute atomic E-state index is 0.160. The third-order valence-electron chi connectivity index (χ3n) is 3.97. The van der Waals surface area contributed by atoms with Gasteiger partial charge in [0.15, 0.2) is 0 Å². The molecule has 2 atom stereocenters. The first-order valence-corrected chi connectivity index (χ1v) is 7.10. The molecule has 1 aliphatic rings. The summed E-state index contributed by atoms with van der Waals surface area (Å²) in [5.74, 6) is 0.0153. The van der Waals surface area contributed by atoms with Crippen molar-refractivity contribution >= 4 is 17.5 Å². The zero-order valence-corrected chi connectivity index (χ0v) is 12.1. The molecule has 0 aliphatic heterocycles. The van der Waals surface area contributed by atoms with E-state index in [0.717, 1.165) is 30.4 Å². The second kappa shape index (κ2) is 5.93. The standard InChI is InChI=1S/C15H20ClNO2/c1-9-6-12(13(16)7-10(9)2)15(19)17-8-11-4-3-5-14(11)18/h6-7,11,14,18H,3-5,8H2,1-2H3,(H,17,19). The van der Waals surface area contributed by atoms with Crippen molar-refractivity contribution < 1.29 is 9.90 Å². The molecule has 2 unspecified atom stereocenters. The van der Waals surface area contributed by atoms with Gasteiger partial charge in [0.2, 0.25) is 0 Å². The van der Waals surface area contributed by atoms with Crippen LogP contribution in [0.3, 0.4) is 0 Å². The molecule has 1 aromatic carbocycles. The summed E-state index contributed by atoms with van der Waals surface area (Å²) in [6, 6.07) is 3.63. The molecule has 0 spiro atoms. The van der Waals surface area contributed by atoms with Crippen LogP contribution in [0.2, 0.25) is 5.02 Å². The van der Waals surface area contributed by atoms with Gasteiger partial charge >= 0.3 is 0 Å². The van der Waals surface area contributed by atoms with E-state index < -0.39 is 0 Å². The van der Waals surface area contributed by atoms with Crippen molar-refractivity contribution in [1.82, 2.24) is 5.32 Å². The van der Waals surface area contributed by atoms with Gasteiger partial charge in [-0.3, -0.25) is 4.79 Å². The van der Waals surface area contributed by atoms with Crippen molar-refractivity contribution in [3.63, 3.8) is 0 Å². The lowest BCUT2D eigenvalue weighted by atomic mass is 10.0. The lowest BCUT2D eigenvalue weighted by molar-refractivity contribution is 0.0917. The van der Waals surface area contributed by atoms with E-state index in [1.165, 1.54) is 0 Å². The highest BCUT2D eigenvalue weighted by Gasteiger charge is 2.25. The van der Waals surface area contributed by atoms with Crippen LogP contribution in [0.4, 0.5) is 0 Å². The molecule has 1 saturated carbocycles. The molecule has 19 heavy (non-hydrogen) atoms. The molecule has 0 radical (unpaired) electrons. The summed E-state index contributed by atoms with van der Waals surface area (Å²) in [5.41, 5.74) is 2.64. The molecule has 0 bridgehead atoms. The number of aryl methyl sites for hydroxylation is 2. The number of aliphatic hydroxyl groups is 1. The number of carbonyl (C=O) groups is 1. The van der Waals surface area contributed by atoms with Crippen LogP contribution in [0.5, 0.6) is 0 Å². The Morgan fingerprint density at radius 3 is 2.68 bits per heavy atom. The summed E-state index contributed by atoms with van der Waals surface area (Å²) in [5, 5.41) is 13.1. The van der Waals surface area contributed by atoms with E-state index in [4.69, 9.17) is 11.6 Å². The maximum atomic E-state index is 12.1. The van der Waals surface area contributed by atoms with Crippen molar-refractivity contribution in [2.45, 2.75) is 39.2 Å². The fourth-order valence-electron chi connectivity index (χ4n) is 2.53. The number of rotatable bonds is 3. The van der Waals surface area contributed by atoms with Gasteiger partial charge in [-0.15, -0.1) is 0 Å². The molecule has 104 valence electrons. The Morgan fingerprint density at radius 1 is 1.37 bits per heavy atom. The second-order valence-corrected chi connectivity index (χ2v) is 5.79. The van der Waals surface area contributed by atoms with Gasteiger partial charge in [-0.25, -0.2) is 0 Å². The first kappa shape index (κ1) is 14.4. The van der Waals surface area contributed by atoms with Crippen LogP contribution in [-0.2, 0) is 0 Å². The Bertz CT molecular complexity index is 487. The zero-order chi connectivity index (χ0) is 14.0. The molecule has 1 amide bonds. The Kier molecular flexibility index (Phi) is 4.48. The van der Waals surface area contributed by atoms with Crippen molar-refractivity contribution in [2.24, 2.45) is 5.92 Å². The van der Waals surface area contributed by atoms with Crippen LogP contribution in [0.15, 0.2) is 12.1 Å². The third kappa shape index (κ3) is 3.28. The molecule has 1 fully saturated rings. The smallest absolute Gasteiger partial charge is 0.252 e. The summed E-state index contributed by atoms with van der Waals surface area (Å²) in [7, 11) is 0. The quantitative estimate of drug-likeness (QED) is 0.895. The van der Waals surface area contributed by atoms with Crippen LogP contribution in [-0.4, -0.2) is 23.7 Å². The lowest BCUT2D eigenvalue weighted by Gasteiger charge is -2.16. The number of aliphatic hydroxyl groups excluding tert-OH is 1. The van der Waals surface area contributed by atoms with Crippen LogP contribution >= 0.6 is 11.6 Å². The van der Waals surface area contributed by atoms with E-state index >= 15 is 0 Å². The topological polar surface area (TPSA) is 49.3 Å². The fraction of sp³-hybridized carbons (Fsp3) is 0.533. The summed E-state index contributed by atoms with van der Waals surface area (Å²) in [6.07, 6.45) is 2.56. The first-order chi connectivity index (χ1) is 8.99. The summed E-state index contributed by atoms with van der Waals surface area (Å²) < 4.78 is 0. The molecule has 3 nitrogen and oxygen atoms in total. The normalized spacial score (nSPS) is 22.5. The SMILES string of the molecule is Cc1cc(Cl)c(C(=O)NCC2CCCC2O)cc1C. The number of hydrogen-bond acceptors (Lipinski definition) is 2. The molecule has 0 aromatic heterocycles. The van der Waals surface area contributed by atoms with Crippen LogP contribution in [0.1, 0.15) is 40.7 Å². The van der Waals surface area contributed by atoms with Crippen molar-refractivity contribution in [1.29, 1.82) is 0 Å². The summed E-state index contributed by atoms with van der Waals surface area (Å²) in [4.78, 5) is 12.1. The number of amides is 1. The van der Waals surface area contributed by atoms with Gasteiger partial charge < -0.3 is 10.4 Å². The number of nitrogens with one attached hydrogen (secondary N) is 1. The number of halogens is 1. The van der Waals surface area contributed by atoms with E-state index in [1.54, 1.807) is 0 Å². The predicted octanol–water partition coefficient (Wildman–Crippen LogP) is 2.85. The summed E-state index contributed by atoms with van der Waals surface area (Å²) >= 11 is 6.11.